The van der Waals surface area contributed by atoms with Crippen molar-refractivity contribution in [3.8, 4) is 0 Å². The maximum Gasteiger partial charge on any atom is 0.255 e. The highest BCUT2D eigenvalue weighted by molar-refractivity contribution is 9.10. The lowest BCUT2D eigenvalue weighted by atomic mass is 10.2. The number of hydrogen-bond donors (Lipinski definition) is 2. The van der Waals surface area contributed by atoms with Gasteiger partial charge in [-0.15, -0.1) is 0 Å². The van der Waals surface area contributed by atoms with E-state index in [4.69, 9.17) is 0 Å². The maximum absolute atomic E-state index is 12.2. The first kappa shape index (κ1) is 14.7. The Morgan fingerprint density at radius 1 is 1.63 bits per heavy atom. The summed E-state index contributed by atoms with van der Waals surface area (Å²) in [5.74, 6) is 1.79. The quantitative estimate of drug-likeness (QED) is 0.862. The molecule has 0 radical (unpaired) electrons. The molecule has 1 aromatic heterocycles. The number of nitrogens with one attached hydrogen (secondary N) is 2. The number of nitrogens with zero attached hydrogens (tertiary/aromatic N) is 1. The Labute approximate surface area is 126 Å². The second-order valence-electron chi connectivity index (χ2n) is 4.43. The number of hydrogen-bond acceptors (Lipinski definition) is 4. The second-order valence-corrected chi connectivity index (χ2v) is 6.75. The van der Waals surface area contributed by atoms with E-state index < -0.39 is 0 Å². The molecule has 1 aliphatic heterocycles. The Balaban J connectivity index is 2.02. The molecule has 1 unspecified atom stereocenters. The zero-order valence-corrected chi connectivity index (χ0v) is 13.3. The summed E-state index contributed by atoms with van der Waals surface area (Å²) >= 11 is 5.30. The zero-order valence-electron chi connectivity index (χ0n) is 10.9. The fourth-order valence-electron chi connectivity index (χ4n) is 2.03. The van der Waals surface area contributed by atoms with Crippen molar-refractivity contribution in [1.82, 2.24) is 10.3 Å². The highest BCUT2D eigenvalue weighted by atomic mass is 79.9. The van der Waals surface area contributed by atoms with Crippen LogP contribution in [0.4, 0.5) is 5.82 Å². The summed E-state index contributed by atoms with van der Waals surface area (Å²) < 4.78 is 0.814. The van der Waals surface area contributed by atoms with Crippen LogP contribution in [0, 0.1) is 0 Å². The van der Waals surface area contributed by atoms with Crippen molar-refractivity contribution >= 4 is 39.4 Å². The van der Waals surface area contributed by atoms with Crippen molar-refractivity contribution in [3.63, 3.8) is 0 Å². The summed E-state index contributed by atoms with van der Waals surface area (Å²) in [6, 6.07) is 1.81. The Hall–Kier alpha value is -0.750. The van der Waals surface area contributed by atoms with Crippen molar-refractivity contribution in [2.24, 2.45) is 0 Å². The molecule has 1 aliphatic rings. The van der Waals surface area contributed by atoms with E-state index in [9.17, 15) is 4.79 Å². The molecule has 1 saturated heterocycles. The number of thioether (sulfide) groups is 1. The molecule has 2 rings (SSSR count). The van der Waals surface area contributed by atoms with Crippen molar-refractivity contribution in [3.05, 3.63) is 22.3 Å². The van der Waals surface area contributed by atoms with Crippen LogP contribution in [-0.4, -0.2) is 35.0 Å². The zero-order chi connectivity index (χ0) is 13.7. The van der Waals surface area contributed by atoms with Crippen LogP contribution in [0.2, 0.25) is 0 Å². The Morgan fingerprint density at radius 2 is 2.47 bits per heavy atom. The van der Waals surface area contributed by atoms with Gasteiger partial charge in [0.05, 0.1) is 5.56 Å². The van der Waals surface area contributed by atoms with Gasteiger partial charge in [-0.25, -0.2) is 4.98 Å². The van der Waals surface area contributed by atoms with Gasteiger partial charge in [-0.1, -0.05) is 0 Å². The van der Waals surface area contributed by atoms with Crippen molar-refractivity contribution in [2.75, 3.05) is 24.2 Å². The van der Waals surface area contributed by atoms with Gasteiger partial charge in [0.15, 0.2) is 0 Å². The molecule has 0 aliphatic carbocycles. The van der Waals surface area contributed by atoms with Gasteiger partial charge in [0.25, 0.3) is 5.91 Å². The number of amides is 1. The number of pyridine rings is 1. The standard InChI is InChI=1S/C13H18BrN3OS/c1-2-15-12-11(6-9(14)7-16-12)13(18)17-8-10-4-3-5-19-10/h6-7,10H,2-5,8H2,1H3,(H,15,16)(H,17,18). The third kappa shape index (κ3) is 4.11. The fraction of sp³-hybridized carbons (Fsp3) is 0.538. The summed E-state index contributed by atoms with van der Waals surface area (Å²) in [5, 5.41) is 6.68. The molecule has 1 atom stereocenters. The van der Waals surface area contributed by atoms with Crippen LogP contribution in [0.5, 0.6) is 0 Å². The minimum Gasteiger partial charge on any atom is -0.370 e. The molecular weight excluding hydrogens is 326 g/mol. The lowest BCUT2D eigenvalue weighted by molar-refractivity contribution is 0.0954. The number of carbonyl (C=O) groups excluding carboxylic acids is 1. The largest absolute Gasteiger partial charge is 0.370 e. The molecule has 2 heterocycles. The van der Waals surface area contributed by atoms with Crippen LogP contribution in [-0.2, 0) is 0 Å². The van der Waals surface area contributed by atoms with E-state index in [-0.39, 0.29) is 5.91 Å². The van der Waals surface area contributed by atoms with E-state index in [2.05, 4.69) is 31.5 Å². The van der Waals surface area contributed by atoms with Crippen LogP contribution in [0.1, 0.15) is 30.1 Å². The highest BCUT2D eigenvalue weighted by Gasteiger charge is 2.18. The predicted molar refractivity (Wildman–Crippen MR) is 83.9 cm³/mol. The van der Waals surface area contributed by atoms with Gasteiger partial charge in [-0.3, -0.25) is 4.79 Å². The van der Waals surface area contributed by atoms with Gasteiger partial charge in [-0.2, -0.15) is 11.8 Å². The van der Waals surface area contributed by atoms with Gasteiger partial charge in [-0.05, 0) is 47.5 Å². The van der Waals surface area contributed by atoms with Gasteiger partial charge >= 0.3 is 0 Å². The lowest BCUT2D eigenvalue weighted by Gasteiger charge is -2.13. The van der Waals surface area contributed by atoms with Gasteiger partial charge in [0.1, 0.15) is 5.82 Å². The van der Waals surface area contributed by atoms with Gasteiger partial charge < -0.3 is 10.6 Å². The number of carbonyl (C=O) groups is 1. The summed E-state index contributed by atoms with van der Waals surface area (Å²) in [6.07, 6.45) is 4.15. The van der Waals surface area contributed by atoms with Gasteiger partial charge in [0.2, 0.25) is 0 Å². The molecule has 19 heavy (non-hydrogen) atoms. The van der Waals surface area contributed by atoms with Crippen molar-refractivity contribution in [1.29, 1.82) is 0 Å². The molecule has 0 spiro atoms. The van der Waals surface area contributed by atoms with E-state index in [1.165, 1.54) is 18.6 Å². The van der Waals surface area contributed by atoms with E-state index >= 15 is 0 Å². The molecule has 1 amide bonds. The van der Waals surface area contributed by atoms with Crippen LogP contribution >= 0.6 is 27.7 Å². The van der Waals surface area contributed by atoms with E-state index in [1.54, 1.807) is 6.20 Å². The minimum atomic E-state index is -0.0581. The molecular formula is C13H18BrN3OS. The number of aromatic nitrogens is 1. The first-order chi connectivity index (χ1) is 9.20. The molecule has 1 fully saturated rings. The molecule has 0 aromatic carbocycles. The maximum atomic E-state index is 12.2. The predicted octanol–water partition coefficient (Wildman–Crippen LogP) is 2.90. The Bertz CT molecular complexity index is 450. The Morgan fingerprint density at radius 3 is 3.16 bits per heavy atom. The molecule has 1 aromatic rings. The second kappa shape index (κ2) is 7.14. The summed E-state index contributed by atoms with van der Waals surface area (Å²) in [5.41, 5.74) is 0.597. The average molecular weight is 344 g/mol. The summed E-state index contributed by atoms with van der Waals surface area (Å²) in [7, 11) is 0. The SMILES string of the molecule is CCNc1ncc(Br)cc1C(=O)NCC1CCCS1. The summed E-state index contributed by atoms with van der Waals surface area (Å²) in [6.45, 7) is 3.47. The Kier molecular flexibility index (Phi) is 5.51. The van der Waals surface area contributed by atoms with Gasteiger partial charge in [0, 0.05) is 29.0 Å². The lowest BCUT2D eigenvalue weighted by Crippen LogP contribution is -2.30. The van der Waals surface area contributed by atoms with Crippen LogP contribution in [0.15, 0.2) is 16.7 Å². The van der Waals surface area contributed by atoms with Crippen molar-refractivity contribution in [2.45, 2.75) is 25.0 Å². The first-order valence-corrected chi connectivity index (χ1v) is 8.34. The fourth-order valence-corrected chi connectivity index (χ4v) is 3.56. The third-order valence-corrected chi connectivity index (χ3v) is 4.79. The topological polar surface area (TPSA) is 54.0 Å². The van der Waals surface area contributed by atoms with Crippen molar-refractivity contribution < 1.29 is 4.79 Å². The summed E-state index contributed by atoms with van der Waals surface area (Å²) in [4.78, 5) is 16.5. The van der Waals surface area contributed by atoms with Crippen LogP contribution < -0.4 is 10.6 Å². The smallest absolute Gasteiger partial charge is 0.255 e. The molecule has 6 heteroatoms. The number of halogens is 1. The third-order valence-electron chi connectivity index (χ3n) is 2.96. The highest BCUT2D eigenvalue weighted by Crippen LogP contribution is 2.25. The number of rotatable bonds is 5. The molecule has 0 bridgehead atoms. The minimum absolute atomic E-state index is 0.0581. The first-order valence-electron chi connectivity index (χ1n) is 6.50. The van der Waals surface area contributed by atoms with E-state index in [1.807, 2.05) is 24.8 Å². The van der Waals surface area contributed by atoms with E-state index in [0.29, 0.717) is 16.6 Å². The molecule has 104 valence electrons. The molecule has 2 N–H and O–H groups in total. The number of anilines is 1. The average Bonchev–Trinajstić information content (AvgIpc) is 2.91. The van der Waals surface area contributed by atoms with Crippen LogP contribution in [0.3, 0.4) is 0 Å². The molecule has 0 saturated carbocycles. The normalized spacial score (nSPS) is 18.3. The van der Waals surface area contributed by atoms with Crippen LogP contribution in [0.25, 0.3) is 0 Å². The van der Waals surface area contributed by atoms with E-state index in [0.717, 1.165) is 17.6 Å². The monoisotopic (exact) mass is 343 g/mol. The molecule has 4 nitrogen and oxygen atoms in total.